The average molecular weight is 350 g/mol. The number of carbonyl (C=O) groups excluding carboxylic acids is 1. The molecule has 0 bridgehead atoms. The molecule has 1 aromatic rings. The van der Waals surface area contributed by atoms with Gasteiger partial charge in [-0.15, -0.1) is 0 Å². The lowest BCUT2D eigenvalue weighted by atomic mass is 10.1. The molecule has 132 valence electrons. The first-order chi connectivity index (χ1) is 11.5. The van der Waals surface area contributed by atoms with Crippen LogP contribution < -0.4 is 4.90 Å². The average Bonchev–Trinajstić information content (AvgIpc) is 3.18. The SMILES string of the molecule is CN(CC(=O)N(C1CCCC1)C1CCS(=O)(=O)C1)c1ccccc1. The molecule has 1 aliphatic carbocycles. The number of para-hydroxylation sites is 1. The third kappa shape index (κ3) is 3.91. The van der Waals surface area contributed by atoms with E-state index in [1.54, 1.807) is 0 Å². The van der Waals surface area contributed by atoms with Gasteiger partial charge in [0.15, 0.2) is 9.84 Å². The van der Waals surface area contributed by atoms with E-state index in [1.165, 1.54) is 0 Å². The zero-order valence-electron chi connectivity index (χ0n) is 14.2. The summed E-state index contributed by atoms with van der Waals surface area (Å²) in [5.74, 6) is 0.392. The standard InChI is InChI=1S/C18H26N2O3S/c1-19(15-7-3-2-4-8-15)13-18(21)20(16-9-5-6-10-16)17-11-12-24(22,23)14-17/h2-4,7-8,16-17H,5-6,9-14H2,1H3. The van der Waals surface area contributed by atoms with Crippen molar-refractivity contribution in [2.75, 3.05) is 30.0 Å². The van der Waals surface area contributed by atoms with Crippen molar-refractivity contribution < 1.29 is 13.2 Å². The highest BCUT2D eigenvalue weighted by Crippen LogP contribution is 2.29. The van der Waals surface area contributed by atoms with Crippen LogP contribution in [0.3, 0.4) is 0 Å². The molecule has 3 rings (SSSR count). The molecule has 1 atom stereocenters. The fourth-order valence-corrected chi connectivity index (χ4v) is 5.65. The van der Waals surface area contributed by atoms with Gasteiger partial charge in [-0.3, -0.25) is 4.79 Å². The number of sulfone groups is 1. The van der Waals surface area contributed by atoms with Crippen LogP contribution in [0.25, 0.3) is 0 Å². The van der Waals surface area contributed by atoms with Gasteiger partial charge in [-0.2, -0.15) is 0 Å². The van der Waals surface area contributed by atoms with Crippen molar-refractivity contribution in [1.82, 2.24) is 4.90 Å². The lowest BCUT2D eigenvalue weighted by Crippen LogP contribution is -2.50. The number of hydrogen-bond donors (Lipinski definition) is 0. The van der Waals surface area contributed by atoms with Crippen LogP contribution in [-0.2, 0) is 14.6 Å². The Labute approximate surface area is 144 Å². The quantitative estimate of drug-likeness (QED) is 0.816. The first-order valence-electron chi connectivity index (χ1n) is 8.74. The van der Waals surface area contributed by atoms with Crippen molar-refractivity contribution in [2.24, 2.45) is 0 Å². The molecule has 24 heavy (non-hydrogen) atoms. The summed E-state index contributed by atoms with van der Waals surface area (Å²) in [6.45, 7) is 0.289. The highest BCUT2D eigenvalue weighted by atomic mass is 32.2. The normalized spacial score (nSPS) is 23.3. The molecular weight excluding hydrogens is 324 g/mol. The number of likely N-dealkylation sites (N-methyl/N-ethyl adjacent to an activating group) is 1. The third-order valence-corrected chi connectivity index (χ3v) is 6.93. The van der Waals surface area contributed by atoms with Crippen LogP contribution in [0.4, 0.5) is 5.69 Å². The van der Waals surface area contributed by atoms with Crippen LogP contribution in [0.1, 0.15) is 32.1 Å². The van der Waals surface area contributed by atoms with Crippen molar-refractivity contribution >= 4 is 21.4 Å². The second kappa shape index (κ2) is 7.13. The van der Waals surface area contributed by atoms with E-state index in [0.29, 0.717) is 6.42 Å². The molecule has 0 N–H and O–H groups in total. The van der Waals surface area contributed by atoms with Gasteiger partial charge in [0.2, 0.25) is 5.91 Å². The molecule has 5 nitrogen and oxygen atoms in total. The number of nitrogens with zero attached hydrogens (tertiary/aromatic N) is 2. The highest BCUT2D eigenvalue weighted by molar-refractivity contribution is 7.91. The Bertz CT molecular complexity index is 669. The summed E-state index contributed by atoms with van der Waals surface area (Å²) < 4.78 is 23.8. The number of benzene rings is 1. The summed E-state index contributed by atoms with van der Waals surface area (Å²) in [5, 5.41) is 0. The lowest BCUT2D eigenvalue weighted by Gasteiger charge is -2.35. The van der Waals surface area contributed by atoms with Gasteiger partial charge in [-0.1, -0.05) is 31.0 Å². The Morgan fingerprint density at radius 3 is 2.33 bits per heavy atom. The van der Waals surface area contributed by atoms with Gasteiger partial charge < -0.3 is 9.80 Å². The van der Waals surface area contributed by atoms with Crippen LogP contribution >= 0.6 is 0 Å². The van der Waals surface area contributed by atoms with E-state index in [2.05, 4.69) is 0 Å². The minimum atomic E-state index is -2.99. The van der Waals surface area contributed by atoms with Crippen molar-refractivity contribution in [3.63, 3.8) is 0 Å². The Kier molecular flexibility index (Phi) is 5.13. The summed E-state index contributed by atoms with van der Waals surface area (Å²) in [6.07, 6.45) is 4.83. The van der Waals surface area contributed by atoms with Crippen molar-refractivity contribution in [3.05, 3.63) is 30.3 Å². The van der Waals surface area contributed by atoms with E-state index in [-0.39, 0.29) is 36.0 Å². The second-order valence-corrected chi connectivity index (χ2v) is 9.22. The topological polar surface area (TPSA) is 57.7 Å². The van der Waals surface area contributed by atoms with Gasteiger partial charge >= 0.3 is 0 Å². The molecule has 1 amide bonds. The molecule has 1 saturated carbocycles. The smallest absolute Gasteiger partial charge is 0.242 e. The first kappa shape index (κ1) is 17.3. The number of carbonyl (C=O) groups is 1. The molecule has 6 heteroatoms. The fraction of sp³-hybridized carbons (Fsp3) is 0.611. The predicted molar refractivity (Wildman–Crippen MR) is 95.9 cm³/mol. The Morgan fingerprint density at radius 1 is 1.08 bits per heavy atom. The molecule has 1 aromatic carbocycles. The van der Waals surface area contributed by atoms with Crippen LogP contribution in [0.15, 0.2) is 30.3 Å². The van der Waals surface area contributed by atoms with E-state index >= 15 is 0 Å². The van der Waals surface area contributed by atoms with Gasteiger partial charge in [0.25, 0.3) is 0 Å². The molecule has 2 fully saturated rings. The Balaban J connectivity index is 1.74. The molecule has 1 heterocycles. The van der Waals surface area contributed by atoms with Crippen LogP contribution in [0.5, 0.6) is 0 Å². The highest BCUT2D eigenvalue weighted by Gasteiger charge is 2.39. The third-order valence-electron chi connectivity index (χ3n) is 5.18. The summed E-state index contributed by atoms with van der Waals surface area (Å²) in [7, 11) is -1.08. The van der Waals surface area contributed by atoms with Crippen LogP contribution in [0, 0.1) is 0 Å². The number of amides is 1. The van der Waals surface area contributed by atoms with Gasteiger partial charge in [0.05, 0.1) is 18.1 Å². The number of rotatable bonds is 5. The van der Waals surface area contributed by atoms with Gasteiger partial charge in [-0.05, 0) is 31.4 Å². The van der Waals surface area contributed by atoms with E-state index in [1.807, 2.05) is 47.2 Å². The summed E-state index contributed by atoms with van der Waals surface area (Å²) in [4.78, 5) is 16.9. The van der Waals surface area contributed by atoms with E-state index < -0.39 is 9.84 Å². The molecule has 1 aliphatic heterocycles. The van der Waals surface area contributed by atoms with Gasteiger partial charge in [0, 0.05) is 24.8 Å². The fourth-order valence-electron chi connectivity index (χ4n) is 3.94. The van der Waals surface area contributed by atoms with E-state index in [0.717, 1.165) is 31.4 Å². The van der Waals surface area contributed by atoms with Gasteiger partial charge in [-0.25, -0.2) is 8.42 Å². The molecule has 1 unspecified atom stereocenters. The number of hydrogen-bond acceptors (Lipinski definition) is 4. The van der Waals surface area contributed by atoms with Crippen molar-refractivity contribution in [1.29, 1.82) is 0 Å². The lowest BCUT2D eigenvalue weighted by molar-refractivity contribution is -0.134. The van der Waals surface area contributed by atoms with Crippen molar-refractivity contribution in [3.8, 4) is 0 Å². The summed E-state index contributed by atoms with van der Waals surface area (Å²) >= 11 is 0. The molecule has 0 spiro atoms. The van der Waals surface area contributed by atoms with Crippen LogP contribution in [0.2, 0.25) is 0 Å². The van der Waals surface area contributed by atoms with Crippen LogP contribution in [-0.4, -0.2) is 56.4 Å². The first-order valence-corrected chi connectivity index (χ1v) is 10.6. The van der Waals surface area contributed by atoms with Gasteiger partial charge in [0.1, 0.15) is 0 Å². The Hall–Kier alpha value is -1.56. The largest absolute Gasteiger partial charge is 0.365 e. The molecule has 1 saturated heterocycles. The molecule has 0 radical (unpaired) electrons. The molecule has 0 aromatic heterocycles. The summed E-state index contributed by atoms with van der Waals surface area (Å²) in [6, 6.07) is 9.88. The molecule has 2 aliphatic rings. The minimum Gasteiger partial charge on any atom is -0.365 e. The monoisotopic (exact) mass is 350 g/mol. The predicted octanol–water partition coefficient (Wildman–Crippen LogP) is 2.08. The minimum absolute atomic E-state index is 0.0513. The Morgan fingerprint density at radius 2 is 1.75 bits per heavy atom. The maximum absolute atomic E-state index is 13.0. The van der Waals surface area contributed by atoms with E-state index in [4.69, 9.17) is 0 Å². The maximum atomic E-state index is 13.0. The maximum Gasteiger partial charge on any atom is 0.242 e. The van der Waals surface area contributed by atoms with E-state index in [9.17, 15) is 13.2 Å². The second-order valence-electron chi connectivity index (χ2n) is 6.99. The molecular formula is C18H26N2O3S. The van der Waals surface area contributed by atoms with Crippen molar-refractivity contribution in [2.45, 2.75) is 44.2 Å². The zero-order chi connectivity index (χ0) is 17.2. The number of anilines is 1. The summed E-state index contributed by atoms with van der Waals surface area (Å²) in [5.41, 5.74) is 0.997. The zero-order valence-corrected chi connectivity index (χ0v) is 15.0.